The molecule has 0 bridgehead atoms. The smallest absolute Gasteiger partial charge is 0.192 e. The molecule has 0 radical (unpaired) electrons. The van der Waals surface area contributed by atoms with Crippen molar-refractivity contribution in [2.45, 2.75) is 96.4 Å². The van der Waals surface area contributed by atoms with E-state index < -0.39 is 8.32 Å². The number of rotatable bonds is 4. The van der Waals surface area contributed by atoms with Crippen molar-refractivity contribution in [2.24, 2.45) is 0 Å². The molecule has 0 heterocycles. The summed E-state index contributed by atoms with van der Waals surface area (Å²) in [6.07, 6.45) is 9.27. The second-order valence-corrected chi connectivity index (χ2v) is 12.1. The summed E-state index contributed by atoms with van der Waals surface area (Å²) in [6.45, 7) is 14.1. The Morgan fingerprint density at radius 3 is 2.00 bits per heavy atom. The van der Waals surface area contributed by atoms with E-state index in [0.717, 1.165) is 0 Å². The van der Waals surface area contributed by atoms with Crippen LogP contribution in [0.1, 0.15) is 72.6 Å². The molecule has 0 aliphatic heterocycles. The van der Waals surface area contributed by atoms with Gasteiger partial charge in [-0.05, 0) is 37.4 Å². The molecule has 2 heteroatoms. The van der Waals surface area contributed by atoms with Gasteiger partial charge in [0, 0.05) is 0 Å². The highest BCUT2D eigenvalue weighted by Crippen LogP contribution is 2.44. The van der Waals surface area contributed by atoms with Crippen LogP contribution in [0.2, 0.25) is 18.1 Å². The molecule has 1 rings (SSSR count). The predicted molar refractivity (Wildman–Crippen MR) is 79.0 cm³/mol. The van der Waals surface area contributed by atoms with Gasteiger partial charge in [0.05, 0.1) is 5.60 Å². The van der Waals surface area contributed by atoms with Crippen LogP contribution in [-0.4, -0.2) is 13.9 Å². The molecule has 0 aromatic carbocycles. The van der Waals surface area contributed by atoms with E-state index in [9.17, 15) is 0 Å². The van der Waals surface area contributed by atoms with Gasteiger partial charge in [0.15, 0.2) is 8.32 Å². The second kappa shape index (κ2) is 5.44. The predicted octanol–water partition coefficient (Wildman–Crippen LogP) is 5.51. The summed E-state index contributed by atoms with van der Waals surface area (Å²) in [7, 11) is -1.60. The fourth-order valence-electron chi connectivity index (χ4n) is 2.75. The molecule has 0 aromatic heterocycles. The van der Waals surface area contributed by atoms with Gasteiger partial charge in [-0.3, -0.25) is 0 Å². The van der Waals surface area contributed by atoms with E-state index in [1.807, 2.05) is 0 Å². The van der Waals surface area contributed by atoms with Gasteiger partial charge in [-0.1, -0.05) is 53.4 Å². The van der Waals surface area contributed by atoms with Crippen LogP contribution in [0, 0.1) is 0 Å². The van der Waals surface area contributed by atoms with Crippen LogP contribution in [0.4, 0.5) is 0 Å². The lowest BCUT2D eigenvalue weighted by Gasteiger charge is -2.47. The Bertz CT molecular complexity index is 228. The molecule has 0 amide bonds. The normalized spacial score (nSPS) is 21.5. The Kier molecular flexibility index (Phi) is 4.87. The van der Waals surface area contributed by atoms with E-state index in [1.54, 1.807) is 0 Å². The summed E-state index contributed by atoms with van der Waals surface area (Å²) in [5.74, 6) is 0. The molecule has 17 heavy (non-hydrogen) atoms. The van der Waals surface area contributed by atoms with Gasteiger partial charge < -0.3 is 4.43 Å². The van der Waals surface area contributed by atoms with E-state index in [1.165, 1.54) is 44.9 Å². The van der Waals surface area contributed by atoms with E-state index >= 15 is 0 Å². The summed E-state index contributed by atoms with van der Waals surface area (Å²) < 4.78 is 6.81. The zero-order chi connectivity index (χ0) is 13.2. The van der Waals surface area contributed by atoms with Crippen molar-refractivity contribution in [2.75, 3.05) is 0 Å². The maximum absolute atomic E-state index is 6.81. The molecule has 0 N–H and O–H groups in total. The lowest BCUT2D eigenvalue weighted by atomic mass is 9.82. The van der Waals surface area contributed by atoms with Crippen LogP contribution < -0.4 is 0 Å². The van der Waals surface area contributed by atoms with Crippen LogP contribution >= 0.6 is 0 Å². The Balaban J connectivity index is 2.79. The Morgan fingerprint density at radius 1 is 1.06 bits per heavy atom. The van der Waals surface area contributed by atoms with Gasteiger partial charge >= 0.3 is 0 Å². The first-order valence-corrected chi connectivity index (χ1v) is 10.3. The highest BCUT2D eigenvalue weighted by molar-refractivity contribution is 6.74. The molecule has 0 spiro atoms. The molecule has 0 atom stereocenters. The lowest BCUT2D eigenvalue weighted by molar-refractivity contribution is 0.00804. The second-order valence-electron chi connectivity index (χ2n) is 7.36. The topological polar surface area (TPSA) is 9.23 Å². The molecule has 1 saturated carbocycles. The van der Waals surface area contributed by atoms with Crippen LogP contribution in [-0.2, 0) is 4.43 Å². The number of hydrogen-bond acceptors (Lipinski definition) is 1. The molecule has 1 nitrogen and oxygen atoms in total. The first-order valence-electron chi connectivity index (χ1n) is 7.43. The minimum absolute atomic E-state index is 0.232. The largest absolute Gasteiger partial charge is 0.411 e. The number of hydrogen-bond donors (Lipinski definition) is 0. The fourth-order valence-corrected chi connectivity index (χ4v) is 4.44. The van der Waals surface area contributed by atoms with E-state index in [-0.39, 0.29) is 5.60 Å². The van der Waals surface area contributed by atoms with Crippen molar-refractivity contribution in [3.05, 3.63) is 0 Å². The maximum Gasteiger partial charge on any atom is 0.192 e. The maximum atomic E-state index is 6.81. The standard InChI is InChI=1S/C15H32OSi/c1-7-11-15(12-9-8-10-13-15)16-17(5,6)14(2,3)4/h7-13H2,1-6H3. The van der Waals surface area contributed by atoms with Crippen LogP contribution in [0.3, 0.4) is 0 Å². The molecule has 1 aliphatic carbocycles. The van der Waals surface area contributed by atoms with Crippen molar-refractivity contribution >= 4 is 8.32 Å². The van der Waals surface area contributed by atoms with Crippen LogP contribution in [0.15, 0.2) is 0 Å². The SMILES string of the molecule is CCCC1(O[Si](C)(C)C(C)(C)C)CCCCC1. The summed E-state index contributed by atoms with van der Waals surface area (Å²) in [4.78, 5) is 0. The lowest BCUT2D eigenvalue weighted by Crippen LogP contribution is -2.50. The van der Waals surface area contributed by atoms with Gasteiger partial charge in [0.25, 0.3) is 0 Å². The monoisotopic (exact) mass is 256 g/mol. The first-order chi connectivity index (χ1) is 7.72. The molecule has 0 saturated heterocycles. The van der Waals surface area contributed by atoms with E-state index in [0.29, 0.717) is 5.04 Å². The average Bonchev–Trinajstić information content (AvgIpc) is 2.16. The first kappa shape index (κ1) is 15.2. The molecule has 0 aromatic rings. The van der Waals surface area contributed by atoms with Crippen LogP contribution in [0.25, 0.3) is 0 Å². The Labute approximate surface area is 109 Å². The van der Waals surface area contributed by atoms with Crippen molar-refractivity contribution in [1.82, 2.24) is 0 Å². The summed E-state index contributed by atoms with van der Waals surface area (Å²) in [5.41, 5.74) is 0.232. The summed E-state index contributed by atoms with van der Waals surface area (Å²) in [6, 6.07) is 0. The third-order valence-electron chi connectivity index (χ3n) is 4.75. The average molecular weight is 257 g/mol. The zero-order valence-corrected chi connectivity index (χ0v) is 13.9. The third kappa shape index (κ3) is 3.82. The molecular formula is C15H32OSi. The molecule has 0 unspecified atom stereocenters. The van der Waals surface area contributed by atoms with Gasteiger partial charge in [0.2, 0.25) is 0 Å². The highest BCUT2D eigenvalue weighted by Gasteiger charge is 2.44. The summed E-state index contributed by atoms with van der Waals surface area (Å²) >= 11 is 0. The molecule has 1 fully saturated rings. The van der Waals surface area contributed by atoms with Gasteiger partial charge in [-0.2, -0.15) is 0 Å². The molecular weight excluding hydrogens is 224 g/mol. The van der Waals surface area contributed by atoms with Crippen LogP contribution in [0.5, 0.6) is 0 Å². The Morgan fingerprint density at radius 2 is 1.59 bits per heavy atom. The van der Waals surface area contributed by atoms with E-state index in [4.69, 9.17) is 4.43 Å². The minimum Gasteiger partial charge on any atom is -0.411 e. The summed E-state index contributed by atoms with van der Waals surface area (Å²) in [5, 5.41) is 0.338. The molecule has 1 aliphatic rings. The Hall–Kier alpha value is 0.177. The highest BCUT2D eigenvalue weighted by atomic mass is 28.4. The minimum atomic E-state index is -1.60. The van der Waals surface area contributed by atoms with Crippen molar-refractivity contribution < 1.29 is 4.43 Å². The zero-order valence-electron chi connectivity index (χ0n) is 12.9. The van der Waals surface area contributed by atoms with Gasteiger partial charge in [-0.25, -0.2) is 0 Å². The third-order valence-corrected chi connectivity index (χ3v) is 9.30. The molecule has 102 valence electrons. The van der Waals surface area contributed by atoms with Gasteiger partial charge in [0.1, 0.15) is 0 Å². The van der Waals surface area contributed by atoms with E-state index in [2.05, 4.69) is 40.8 Å². The quantitative estimate of drug-likeness (QED) is 0.603. The van der Waals surface area contributed by atoms with Crippen molar-refractivity contribution in [3.8, 4) is 0 Å². The van der Waals surface area contributed by atoms with Gasteiger partial charge in [-0.15, -0.1) is 0 Å². The van der Waals surface area contributed by atoms with Crippen molar-refractivity contribution in [1.29, 1.82) is 0 Å². The van der Waals surface area contributed by atoms with Crippen molar-refractivity contribution in [3.63, 3.8) is 0 Å². The fraction of sp³-hybridized carbons (Fsp3) is 1.00.